The van der Waals surface area contributed by atoms with Crippen molar-refractivity contribution in [3.63, 3.8) is 0 Å². The Kier molecular flexibility index (Phi) is 5.17. The molecular formula is C16H22N4O2S2. The Labute approximate surface area is 147 Å². The molecule has 8 heteroatoms. The third kappa shape index (κ3) is 3.93. The molecule has 1 aliphatic rings. The van der Waals surface area contributed by atoms with Crippen molar-refractivity contribution in [1.82, 2.24) is 14.7 Å². The number of thiophene rings is 1. The van der Waals surface area contributed by atoms with Gasteiger partial charge in [-0.2, -0.15) is 0 Å². The first-order valence-electron chi connectivity index (χ1n) is 8.16. The fourth-order valence-electron chi connectivity index (χ4n) is 2.70. The molecule has 0 unspecified atom stereocenters. The number of hydrogen-bond donors (Lipinski definition) is 1. The molecule has 130 valence electrons. The predicted octanol–water partition coefficient (Wildman–Crippen LogP) is 2.49. The lowest BCUT2D eigenvalue weighted by Crippen LogP contribution is -2.25. The standard InChI is InChI=1S/C16H22N4O2S2/c1-3-14-6-7-15(23-14)24(21,22)17-11-13-10-12(2)18-16(19-13)20-8-4-5-9-20/h6-7,10,17H,3-5,8-9,11H2,1-2H3. The van der Waals surface area contributed by atoms with Crippen LogP contribution in [0.5, 0.6) is 0 Å². The van der Waals surface area contributed by atoms with E-state index >= 15 is 0 Å². The maximum absolute atomic E-state index is 12.4. The first-order valence-corrected chi connectivity index (χ1v) is 10.5. The Hall–Kier alpha value is -1.51. The van der Waals surface area contributed by atoms with Crippen LogP contribution in [0.15, 0.2) is 22.4 Å². The summed E-state index contributed by atoms with van der Waals surface area (Å²) in [6.07, 6.45) is 3.14. The second kappa shape index (κ2) is 7.16. The van der Waals surface area contributed by atoms with Crippen molar-refractivity contribution in [2.75, 3.05) is 18.0 Å². The highest BCUT2D eigenvalue weighted by molar-refractivity contribution is 7.91. The monoisotopic (exact) mass is 366 g/mol. The maximum Gasteiger partial charge on any atom is 0.250 e. The van der Waals surface area contributed by atoms with Crippen LogP contribution in [0.2, 0.25) is 0 Å². The molecule has 0 aliphatic carbocycles. The largest absolute Gasteiger partial charge is 0.341 e. The van der Waals surface area contributed by atoms with Crippen LogP contribution in [-0.4, -0.2) is 31.5 Å². The molecule has 6 nitrogen and oxygen atoms in total. The maximum atomic E-state index is 12.4. The number of nitrogens with zero attached hydrogens (tertiary/aromatic N) is 3. The Morgan fingerprint density at radius 3 is 2.67 bits per heavy atom. The van der Waals surface area contributed by atoms with Gasteiger partial charge >= 0.3 is 0 Å². The molecule has 2 aromatic rings. The zero-order valence-electron chi connectivity index (χ0n) is 13.9. The average Bonchev–Trinajstić information content (AvgIpc) is 3.24. The third-order valence-electron chi connectivity index (χ3n) is 3.98. The van der Waals surface area contributed by atoms with Crippen molar-refractivity contribution in [2.24, 2.45) is 0 Å². The van der Waals surface area contributed by atoms with Gasteiger partial charge in [-0.1, -0.05) is 6.92 Å². The normalized spacial score (nSPS) is 15.2. The van der Waals surface area contributed by atoms with Crippen LogP contribution in [-0.2, 0) is 23.0 Å². The lowest BCUT2D eigenvalue weighted by molar-refractivity contribution is 0.582. The number of rotatable bonds is 6. The predicted molar refractivity (Wildman–Crippen MR) is 95.9 cm³/mol. The van der Waals surface area contributed by atoms with E-state index in [0.717, 1.165) is 42.9 Å². The molecule has 1 aliphatic heterocycles. The molecule has 0 spiro atoms. The van der Waals surface area contributed by atoms with Gasteiger partial charge in [-0.25, -0.2) is 23.1 Å². The Balaban J connectivity index is 1.73. The number of anilines is 1. The fourth-order valence-corrected chi connectivity index (χ4v) is 5.04. The van der Waals surface area contributed by atoms with Crippen molar-refractivity contribution in [3.8, 4) is 0 Å². The molecule has 0 atom stereocenters. The van der Waals surface area contributed by atoms with Gasteiger partial charge in [-0.05, 0) is 44.4 Å². The second-order valence-corrected chi connectivity index (χ2v) is 9.06. The van der Waals surface area contributed by atoms with Gasteiger partial charge in [0.25, 0.3) is 0 Å². The van der Waals surface area contributed by atoms with E-state index in [1.165, 1.54) is 11.3 Å². The van der Waals surface area contributed by atoms with Gasteiger partial charge < -0.3 is 4.90 Å². The minimum absolute atomic E-state index is 0.173. The van der Waals surface area contributed by atoms with Gasteiger partial charge in [0.05, 0.1) is 12.2 Å². The first-order chi connectivity index (χ1) is 11.5. The molecule has 0 bridgehead atoms. The summed E-state index contributed by atoms with van der Waals surface area (Å²) in [6.45, 7) is 6.02. The van der Waals surface area contributed by atoms with Gasteiger partial charge in [-0.3, -0.25) is 0 Å². The fraction of sp³-hybridized carbons (Fsp3) is 0.500. The van der Waals surface area contributed by atoms with Crippen LogP contribution in [0, 0.1) is 6.92 Å². The van der Waals surface area contributed by atoms with E-state index in [1.807, 2.05) is 26.0 Å². The van der Waals surface area contributed by atoms with E-state index < -0.39 is 10.0 Å². The third-order valence-corrected chi connectivity index (χ3v) is 7.10. The summed E-state index contributed by atoms with van der Waals surface area (Å²) in [7, 11) is -3.50. The first kappa shape index (κ1) is 17.3. The van der Waals surface area contributed by atoms with E-state index in [4.69, 9.17) is 0 Å². The number of sulfonamides is 1. The molecule has 1 N–H and O–H groups in total. The van der Waals surface area contributed by atoms with Crippen LogP contribution in [0.4, 0.5) is 5.95 Å². The molecule has 0 radical (unpaired) electrons. The van der Waals surface area contributed by atoms with Gasteiger partial charge in [-0.15, -0.1) is 11.3 Å². The van der Waals surface area contributed by atoms with Crippen LogP contribution < -0.4 is 9.62 Å². The van der Waals surface area contributed by atoms with Crippen LogP contribution in [0.1, 0.15) is 36.0 Å². The van der Waals surface area contributed by atoms with E-state index in [0.29, 0.717) is 15.9 Å². The molecule has 24 heavy (non-hydrogen) atoms. The van der Waals surface area contributed by atoms with Crippen molar-refractivity contribution in [3.05, 3.63) is 34.5 Å². The zero-order chi connectivity index (χ0) is 17.2. The Morgan fingerprint density at radius 2 is 2.00 bits per heavy atom. The lowest BCUT2D eigenvalue weighted by atomic mass is 10.3. The van der Waals surface area contributed by atoms with Crippen molar-refractivity contribution in [2.45, 2.75) is 43.9 Å². The summed E-state index contributed by atoms with van der Waals surface area (Å²) in [6, 6.07) is 5.35. The van der Waals surface area contributed by atoms with Crippen molar-refractivity contribution in [1.29, 1.82) is 0 Å². The smallest absolute Gasteiger partial charge is 0.250 e. The van der Waals surface area contributed by atoms with Crippen molar-refractivity contribution >= 4 is 27.3 Å². The van der Waals surface area contributed by atoms with Gasteiger partial charge in [0.2, 0.25) is 16.0 Å². The molecular weight excluding hydrogens is 344 g/mol. The highest BCUT2D eigenvalue weighted by atomic mass is 32.2. The van der Waals surface area contributed by atoms with Crippen LogP contribution >= 0.6 is 11.3 Å². The summed E-state index contributed by atoms with van der Waals surface area (Å²) < 4.78 is 27.8. The average molecular weight is 367 g/mol. The van der Waals surface area contributed by atoms with Crippen molar-refractivity contribution < 1.29 is 8.42 Å². The van der Waals surface area contributed by atoms with Gasteiger partial charge in [0.1, 0.15) is 4.21 Å². The second-order valence-electron chi connectivity index (χ2n) is 5.89. The lowest BCUT2D eigenvalue weighted by Gasteiger charge is -2.16. The van der Waals surface area contributed by atoms with Gasteiger partial charge in [0.15, 0.2) is 0 Å². The molecule has 3 rings (SSSR count). The van der Waals surface area contributed by atoms with E-state index in [1.54, 1.807) is 6.07 Å². The molecule has 1 saturated heterocycles. The van der Waals surface area contributed by atoms with Crippen LogP contribution in [0.25, 0.3) is 0 Å². The summed E-state index contributed by atoms with van der Waals surface area (Å²) in [5.41, 5.74) is 1.55. The minimum Gasteiger partial charge on any atom is -0.341 e. The molecule has 0 aromatic carbocycles. The topological polar surface area (TPSA) is 75.2 Å². The SMILES string of the molecule is CCc1ccc(S(=O)(=O)NCc2cc(C)nc(N3CCCC3)n2)s1. The Bertz CT molecular complexity index is 811. The molecule has 2 aromatic heterocycles. The molecule has 1 fully saturated rings. The summed E-state index contributed by atoms with van der Waals surface area (Å²) in [5.74, 6) is 0.700. The van der Waals surface area contributed by atoms with Crippen LogP contribution in [0.3, 0.4) is 0 Å². The highest BCUT2D eigenvalue weighted by Crippen LogP contribution is 2.22. The summed E-state index contributed by atoms with van der Waals surface area (Å²) >= 11 is 1.31. The molecule has 0 saturated carbocycles. The highest BCUT2D eigenvalue weighted by Gasteiger charge is 2.19. The molecule has 0 amide bonds. The minimum atomic E-state index is -3.50. The van der Waals surface area contributed by atoms with E-state index in [2.05, 4.69) is 19.6 Å². The summed E-state index contributed by atoms with van der Waals surface area (Å²) in [4.78, 5) is 12.2. The number of hydrogen-bond acceptors (Lipinski definition) is 6. The summed E-state index contributed by atoms with van der Waals surface area (Å²) in [5, 5.41) is 0. The Morgan fingerprint density at radius 1 is 1.25 bits per heavy atom. The van der Waals surface area contributed by atoms with E-state index in [-0.39, 0.29) is 6.54 Å². The van der Waals surface area contributed by atoms with Gasteiger partial charge in [0, 0.05) is 23.7 Å². The zero-order valence-corrected chi connectivity index (χ0v) is 15.6. The molecule has 3 heterocycles. The van der Waals surface area contributed by atoms with E-state index in [9.17, 15) is 8.42 Å². The number of nitrogens with one attached hydrogen (secondary N) is 1. The quantitative estimate of drug-likeness (QED) is 0.850. The number of aromatic nitrogens is 2. The number of aryl methyl sites for hydroxylation is 2.